The van der Waals surface area contributed by atoms with E-state index in [2.05, 4.69) is 26.2 Å². The van der Waals surface area contributed by atoms with Crippen molar-refractivity contribution >= 4 is 39.2 Å². The minimum atomic E-state index is -1.04. The number of nitrogens with zero attached hydrogens (tertiary/aromatic N) is 2. The molecular formula is C22H20BrN3O3S. The first-order valence-electron chi connectivity index (χ1n) is 9.46. The van der Waals surface area contributed by atoms with Gasteiger partial charge in [0.15, 0.2) is 0 Å². The molecule has 0 spiro atoms. The maximum Gasteiger partial charge on any atom is 0.325 e. The van der Waals surface area contributed by atoms with Gasteiger partial charge in [0, 0.05) is 9.85 Å². The van der Waals surface area contributed by atoms with E-state index in [4.69, 9.17) is 4.74 Å². The van der Waals surface area contributed by atoms with Crippen LogP contribution >= 0.6 is 27.3 Å². The zero-order valence-corrected chi connectivity index (χ0v) is 18.9. The number of rotatable bonds is 6. The number of aromatic nitrogens is 1. The lowest BCUT2D eigenvalue weighted by atomic mass is 9.87. The average molecular weight is 486 g/mol. The molecule has 0 aliphatic carbocycles. The molecule has 1 unspecified atom stereocenters. The van der Waals surface area contributed by atoms with E-state index < -0.39 is 11.6 Å². The molecule has 4 rings (SSSR count). The second-order valence-electron chi connectivity index (χ2n) is 6.93. The van der Waals surface area contributed by atoms with Gasteiger partial charge in [-0.25, -0.2) is 9.78 Å². The molecule has 1 aromatic heterocycles. The van der Waals surface area contributed by atoms with E-state index >= 15 is 0 Å². The molecule has 0 radical (unpaired) electrons. The van der Waals surface area contributed by atoms with Crippen molar-refractivity contribution in [2.75, 3.05) is 7.11 Å². The Kier molecular flexibility index (Phi) is 5.62. The van der Waals surface area contributed by atoms with Gasteiger partial charge in [-0.1, -0.05) is 53.2 Å². The highest BCUT2D eigenvalue weighted by atomic mass is 79.9. The molecule has 1 atom stereocenters. The number of methoxy groups -OCH3 is 1. The molecule has 8 heteroatoms. The van der Waals surface area contributed by atoms with Crippen molar-refractivity contribution in [1.29, 1.82) is 0 Å². The Bertz CT molecular complexity index is 1100. The Hall–Kier alpha value is -2.71. The first-order valence-corrected chi connectivity index (χ1v) is 11.1. The molecule has 1 fully saturated rings. The van der Waals surface area contributed by atoms with Crippen molar-refractivity contribution in [3.05, 3.63) is 69.6 Å². The number of carbonyl (C=O) groups excluding carboxylic acids is 2. The van der Waals surface area contributed by atoms with Crippen molar-refractivity contribution in [2.45, 2.75) is 25.4 Å². The molecule has 1 saturated heterocycles. The minimum Gasteiger partial charge on any atom is -0.496 e. The van der Waals surface area contributed by atoms with E-state index in [-0.39, 0.29) is 12.5 Å². The summed E-state index contributed by atoms with van der Waals surface area (Å²) in [5, 5.41) is 5.53. The van der Waals surface area contributed by atoms with Gasteiger partial charge in [-0.05, 0) is 30.2 Å². The molecule has 2 aromatic carbocycles. The maximum absolute atomic E-state index is 13.3. The van der Waals surface area contributed by atoms with Crippen LogP contribution in [0.1, 0.15) is 24.6 Å². The summed E-state index contributed by atoms with van der Waals surface area (Å²) in [4.78, 5) is 31.9. The van der Waals surface area contributed by atoms with Crippen LogP contribution in [0, 0.1) is 0 Å². The summed E-state index contributed by atoms with van der Waals surface area (Å²) in [6, 6.07) is 14.7. The summed E-state index contributed by atoms with van der Waals surface area (Å²) < 4.78 is 6.36. The maximum atomic E-state index is 13.3. The Morgan fingerprint density at radius 3 is 2.67 bits per heavy atom. The van der Waals surface area contributed by atoms with Crippen molar-refractivity contribution in [3.63, 3.8) is 0 Å². The Morgan fingerprint density at radius 2 is 1.97 bits per heavy atom. The normalized spacial score (nSPS) is 18.6. The highest BCUT2D eigenvalue weighted by Crippen LogP contribution is 2.36. The van der Waals surface area contributed by atoms with Gasteiger partial charge < -0.3 is 10.1 Å². The predicted molar refractivity (Wildman–Crippen MR) is 119 cm³/mol. The van der Waals surface area contributed by atoms with Crippen LogP contribution in [0.3, 0.4) is 0 Å². The van der Waals surface area contributed by atoms with Crippen LogP contribution in [0.15, 0.2) is 58.4 Å². The molecule has 0 bridgehead atoms. The largest absolute Gasteiger partial charge is 0.496 e. The molecule has 0 saturated carbocycles. The SMILES string of the molecule is CCC1(c2ccccc2)NC(=O)N(Cc2csc(-c3cc(Br)ccc3OC)n2)C1=O. The number of ether oxygens (including phenoxy) is 1. The molecule has 2 heterocycles. The van der Waals surface area contributed by atoms with E-state index in [1.54, 1.807) is 7.11 Å². The molecule has 3 amide bonds. The van der Waals surface area contributed by atoms with E-state index in [1.807, 2.05) is 60.8 Å². The summed E-state index contributed by atoms with van der Waals surface area (Å²) >= 11 is 4.92. The molecule has 1 aliphatic heterocycles. The zero-order chi connectivity index (χ0) is 21.3. The summed E-state index contributed by atoms with van der Waals surface area (Å²) in [6.07, 6.45) is 0.468. The Balaban J connectivity index is 1.61. The minimum absolute atomic E-state index is 0.117. The molecule has 30 heavy (non-hydrogen) atoms. The van der Waals surface area contributed by atoms with Gasteiger partial charge >= 0.3 is 6.03 Å². The second kappa shape index (κ2) is 8.20. The lowest BCUT2D eigenvalue weighted by Gasteiger charge is -2.25. The van der Waals surface area contributed by atoms with Crippen molar-refractivity contribution in [3.8, 4) is 16.3 Å². The van der Waals surface area contributed by atoms with E-state index in [1.165, 1.54) is 16.2 Å². The fourth-order valence-electron chi connectivity index (χ4n) is 3.64. The van der Waals surface area contributed by atoms with Gasteiger partial charge in [0.2, 0.25) is 0 Å². The van der Waals surface area contributed by atoms with Gasteiger partial charge in [-0.15, -0.1) is 11.3 Å². The number of hydrogen-bond acceptors (Lipinski definition) is 5. The average Bonchev–Trinajstić information content (AvgIpc) is 3.33. The van der Waals surface area contributed by atoms with Gasteiger partial charge in [0.25, 0.3) is 5.91 Å². The molecular weight excluding hydrogens is 466 g/mol. The van der Waals surface area contributed by atoms with Crippen LogP contribution < -0.4 is 10.1 Å². The number of amides is 3. The summed E-state index contributed by atoms with van der Waals surface area (Å²) in [6.45, 7) is 2.02. The third-order valence-electron chi connectivity index (χ3n) is 5.24. The molecule has 6 nitrogen and oxygen atoms in total. The highest BCUT2D eigenvalue weighted by Gasteiger charge is 2.51. The first kappa shape index (κ1) is 20.6. The topological polar surface area (TPSA) is 71.5 Å². The third kappa shape index (κ3) is 3.50. The predicted octanol–water partition coefficient (Wildman–Crippen LogP) is 4.94. The Morgan fingerprint density at radius 1 is 1.20 bits per heavy atom. The zero-order valence-electron chi connectivity index (χ0n) is 16.5. The summed E-state index contributed by atoms with van der Waals surface area (Å²) in [5.74, 6) is 0.457. The Labute approximate surface area is 187 Å². The summed E-state index contributed by atoms with van der Waals surface area (Å²) in [5.41, 5.74) is 1.25. The number of halogens is 1. The number of imide groups is 1. The van der Waals surface area contributed by atoms with E-state index in [0.29, 0.717) is 17.9 Å². The number of thiazole rings is 1. The van der Waals surface area contributed by atoms with Crippen molar-refractivity contribution < 1.29 is 14.3 Å². The molecule has 3 aromatic rings. The lowest BCUT2D eigenvalue weighted by Crippen LogP contribution is -2.43. The smallest absolute Gasteiger partial charge is 0.325 e. The lowest BCUT2D eigenvalue weighted by molar-refractivity contribution is -0.132. The quantitative estimate of drug-likeness (QED) is 0.502. The fraction of sp³-hybridized carbons (Fsp3) is 0.227. The number of benzene rings is 2. The van der Waals surface area contributed by atoms with Crippen LogP contribution in [0.4, 0.5) is 4.79 Å². The van der Waals surface area contributed by atoms with Gasteiger partial charge in [0.1, 0.15) is 16.3 Å². The van der Waals surface area contributed by atoms with Crippen LogP contribution in [0.2, 0.25) is 0 Å². The standard InChI is InChI=1S/C22H20BrN3O3S/c1-3-22(14-7-5-4-6-8-14)20(27)26(21(28)25-22)12-16-13-30-19(24-16)17-11-15(23)9-10-18(17)29-2/h4-11,13H,3,12H2,1-2H3,(H,25,28). The van der Waals surface area contributed by atoms with Crippen molar-refractivity contribution in [1.82, 2.24) is 15.2 Å². The van der Waals surface area contributed by atoms with E-state index in [0.717, 1.165) is 20.6 Å². The van der Waals surface area contributed by atoms with Crippen LogP contribution in [0.25, 0.3) is 10.6 Å². The fourth-order valence-corrected chi connectivity index (χ4v) is 4.84. The van der Waals surface area contributed by atoms with Crippen LogP contribution in [-0.2, 0) is 16.9 Å². The molecule has 154 valence electrons. The van der Waals surface area contributed by atoms with Gasteiger partial charge in [0.05, 0.1) is 24.9 Å². The molecule has 1 N–H and O–H groups in total. The van der Waals surface area contributed by atoms with Crippen molar-refractivity contribution in [2.24, 2.45) is 0 Å². The second-order valence-corrected chi connectivity index (χ2v) is 8.71. The highest BCUT2D eigenvalue weighted by molar-refractivity contribution is 9.10. The number of nitrogens with one attached hydrogen (secondary N) is 1. The van der Waals surface area contributed by atoms with Gasteiger partial charge in [-0.2, -0.15) is 0 Å². The number of carbonyl (C=O) groups is 2. The third-order valence-corrected chi connectivity index (χ3v) is 6.65. The molecule has 1 aliphatic rings. The summed E-state index contributed by atoms with van der Waals surface area (Å²) in [7, 11) is 1.61. The number of urea groups is 1. The number of hydrogen-bond donors (Lipinski definition) is 1. The first-order chi connectivity index (χ1) is 14.5. The van der Waals surface area contributed by atoms with Gasteiger partial charge in [-0.3, -0.25) is 9.69 Å². The van der Waals surface area contributed by atoms with E-state index in [9.17, 15) is 9.59 Å². The monoisotopic (exact) mass is 485 g/mol. The van der Waals surface area contributed by atoms with Crippen LogP contribution in [0.5, 0.6) is 5.75 Å². The van der Waals surface area contributed by atoms with Crippen LogP contribution in [-0.4, -0.2) is 28.9 Å².